The van der Waals surface area contributed by atoms with E-state index in [4.69, 9.17) is 24.4 Å². The van der Waals surface area contributed by atoms with E-state index in [2.05, 4.69) is 5.32 Å². The number of nitrogens with two attached hydrogens (primary N) is 1. The Bertz CT molecular complexity index is 662. The van der Waals surface area contributed by atoms with Crippen molar-refractivity contribution in [1.29, 1.82) is 0 Å². The van der Waals surface area contributed by atoms with Gasteiger partial charge < -0.3 is 29.7 Å². The molecule has 0 saturated heterocycles. The number of amides is 1. The lowest BCUT2D eigenvalue weighted by atomic mass is 10.1. The topological polar surface area (TPSA) is 96.0 Å². The van der Waals surface area contributed by atoms with Crippen LogP contribution in [0.4, 0.5) is 0 Å². The maximum absolute atomic E-state index is 12.1. The van der Waals surface area contributed by atoms with Gasteiger partial charge in [0.05, 0.1) is 33.4 Å². The number of carbonyl (C=O) groups is 1. The van der Waals surface area contributed by atoms with Gasteiger partial charge in [-0.3, -0.25) is 4.79 Å². The highest BCUT2D eigenvalue weighted by Gasteiger charge is 2.14. The molecular weight excluding hydrogens is 336 g/mol. The van der Waals surface area contributed by atoms with Crippen molar-refractivity contribution in [3.8, 4) is 17.2 Å². The predicted octanol–water partition coefficient (Wildman–Crippen LogP) is 2.12. The van der Waals surface area contributed by atoms with Gasteiger partial charge in [0.1, 0.15) is 12.0 Å². The lowest BCUT2D eigenvalue weighted by Crippen LogP contribution is -2.22. The molecule has 0 aliphatic rings. The summed E-state index contributed by atoms with van der Waals surface area (Å²) >= 11 is 0. The summed E-state index contributed by atoms with van der Waals surface area (Å²) < 4.78 is 21.0. The molecule has 0 fully saturated rings. The lowest BCUT2D eigenvalue weighted by Gasteiger charge is -2.14. The van der Waals surface area contributed by atoms with Gasteiger partial charge in [-0.15, -0.1) is 12.4 Å². The predicted molar refractivity (Wildman–Crippen MR) is 91.1 cm³/mol. The van der Waals surface area contributed by atoms with Crippen molar-refractivity contribution in [2.45, 2.75) is 13.1 Å². The SMILES string of the molecule is COc1cc(CNC(=O)c2coc(CN)c2)cc(OC)c1OC.Cl. The zero-order valence-electron chi connectivity index (χ0n) is 13.8. The van der Waals surface area contributed by atoms with Crippen LogP contribution in [0.25, 0.3) is 0 Å². The average Bonchev–Trinajstić information content (AvgIpc) is 3.07. The molecule has 2 rings (SSSR count). The van der Waals surface area contributed by atoms with Crippen molar-refractivity contribution in [2.75, 3.05) is 21.3 Å². The quantitative estimate of drug-likeness (QED) is 0.788. The minimum absolute atomic E-state index is 0. The van der Waals surface area contributed by atoms with Crippen LogP contribution in [0.1, 0.15) is 21.7 Å². The highest BCUT2D eigenvalue weighted by Crippen LogP contribution is 2.38. The maximum Gasteiger partial charge on any atom is 0.254 e. The number of benzene rings is 1. The Labute approximate surface area is 146 Å². The fourth-order valence-electron chi connectivity index (χ4n) is 2.13. The molecule has 7 nitrogen and oxygen atoms in total. The normalized spacial score (nSPS) is 9.83. The number of hydrogen-bond donors (Lipinski definition) is 2. The highest BCUT2D eigenvalue weighted by atomic mass is 35.5. The van der Waals surface area contributed by atoms with Gasteiger partial charge in [-0.1, -0.05) is 0 Å². The third-order valence-corrected chi connectivity index (χ3v) is 3.29. The monoisotopic (exact) mass is 356 g/mol. The fraction of sp³-hybridized carbons (Fsp3) is 0.312. The van der Waals surface area contributed by atoms with Crippen molar-refractivity contribution in [3.05, 3.63) is 41.3 Å². The maximum atomic E-state index is 12.1. The number of nitrogens with one attached hydrogen (secondary N) is 1. The Hall–Kier alpha value is -2.38. The number of methoxy groups -OCH3 is 3. The molecule has 1 aromatic heterocycles. The number of rotatable bonds is 7. The van der Waals surface area contributed by atoms with Crippen molar-refractivity contribution in [3.63, 3.8) is 0 Å². The first-order valence-corrected chi connectivity index (χ1v) is 6.97. The van der Waals surface area contributed by atoms with Crippen LogP contribution in [0, 0.1) is 0 Å². The molecular formula is C16H21ClN2O5. The molecule has 0 aliphatic carbocycles. The van der Waals surface area contributed by atoms with Gasteiger partial charge in [0, 0.05) is 6.54 Å². The minimum Gasteiger partial charge on any atom is -0.493 e. The van der Waals surface area contributed by atoms with E-state index in [-0.39, 0.29) is 24.9 Å². The zero-order chi connectivity index (χ0) is 16.8. The summed E-state index contributed by atoms with van der Waals surface area (Å²) in [5.41, 5.74) is 6.70. The first kappa shape index (κ1) is 19.7. The molecule has 1 amide bonds. The molecule has 0 bridgehead atoms. The number of ether oxygens (including phenoxy) is 3. The van der Waals surface area contributed by atoms with Crippen LogP contribution < -0.4 is 25.3 Å². The van der Waals surface area contributed by atoms with Crippen molar-refractivity contribution >= 4 is 18.3 Å². The van der Waals surface area contributed by atoms with Crippen LogP contribution in [-0.4, -0.2) is 27.2 Å². The largest absolute Gasteiger partial charge is 0.493 e. The lowest BCUT2D eigenvalue weighted by molar-refractivity contribution is 0.0950. The molecule has 0 aliphatic heterocycles. The second kappa shape index (κ2) is 9.05. The molecule has 0 unspecified atom stereocenters. The molecule has 0 radical (unpaired) electrons. The molecule has 2 aromatic rings. The Balaban J connectivity index is 0.00000288. The Morgan fingerprint density at radius 2 is 1.75 bits per heavy atom. The van der Waals surface area contributed by atoms with Crippen LogP contribution in [0.15, 0.2) is 28.9 Å². The molecule has 0 saturated carbocycles. The third kappa shape index (κ3) is 4.33. The van der Waals surface area contributed by atoms with Gasteiger partial charge in [-0.25, -0.2) is 0 Å². The first-order chi connectivity index (χ1) is 11.1. The smallest absolute Gasteiger partial charge is 0.254 e. The molecule has 0 atom stereocenters. The van der Waals surface area contributed by atoms with Gasteiger partial charge in [0.15, 0.2) is 11.5 Å². The minimum atomic E-state index is -0.248. The number of halogens is 1. The fourth-order valence-corrected chi connectivity index (χ4v) is 2.13. The van der Waals surface area contributed by atoms with Crippen LogP contribution in [0.2, 0.25) is 0 Å². The number of hydrogen-bond acceptors (Lipinski definition) is 6. The van der Waals surface area contributed by atoms with E-state index in [1.165, 1.54) is 13.4 Å². The summed E-state index contributed by atoms with van der Waals surface area (Å²) in [6, 6.07) is 5.18. The van der Waals surface area contributed by atoms with Gasteiger partial charge in [-0.2, -0.15) is 0 Å². The summed E-state index contributed by atoms with van der Waals surface area (Å²) in [4.78, 5) is 12.1. The number of furan rings is 1. The Kier molecular flexibility index (Phi) is 7.41. The van der Waals surface area contributed by atoms with E-state index in [1.54, 1.807) is 32.4 Å². The number of carbonyl (C=O) groups excluding carboxylic acids is 1. The summed E-state index contributed by atoms with van der Waals surface area (Å²) in [5.74, 6) is 1.88. The van der Waals surface area contributed by atoms with Crippen molar-refractivity contribution < 1.29 is 23.4 Å². The van der Waals surface area contributed by atoms with Crippen LogP contribution >= 0.6 is 12.4 Å². The molecule has 1 aromatic carbocycles. The molecule has 8 heteroatoms. The van der Waals surface area contributed by atoms with E-state index < -0.39 is 0 Å². The third-order valence-electron chi connectivity index (χ3n) is 3.29. The highest BCUT2D eigenvalue weighted by molar-refractivity contribution is 5.93. The molecule has 24 heavy (non-hydrogen) atoms. The summed E-state index contributed by atoms with van der Waals surface area (Å²) in [6.45, 7) is 0.554. The van der Waals surface area contributed by atoms with Crippen LogP contribution in [-0.2, 0) is 13.1 Å². The second-order valence-electron chi connectivity index (χ2n) is 4.72. The molecule has 3 N–H and O–H groups in total. The van der Waals surface area contributed by atoms with Crippen LogP contribution in [0.3, 0.4) is 0 Å². The molecule has 1 heterocycles. The van der Waals surface area contributed by atoms with Gasteiger partial charge >= 0.3 is 0 Å². The van der Waals surface area contributed by atoms with E-state index in [1.807, 2.05) is 0 Å². The van der Waals surface area contributed by atoms with Gasteiger partial charge in [0.2, 0.25) is 5.75 Å². The zero-order valence-corrected chi connectivity index (χ0v) is 14.6. The van der Waals surface area contributed by atoms with E-state index >= 15 is 0 Å². The molecule has 0 spiro atoms. The van der Waals surface area contributed by atoms with Crippen molar-refractivity contribution in [2.24, 2.45) is 5.73 Å². The van der Waals surface area contributed by atoms with E-state index in [9.17, 15) is 4.79 Å². The van der Waals surface area contributed by atoms with Crippen LogP contribution in [0.5, 0.6) is 17.2 Å². The Morgan fingerprint density at radius 1 is 1.12 bits per heavy atom. The second-order valence-corrected chi connectivity index (χ2v) is 4.72. The summed E-state index contributed by atoms with van der Waals surface area (Å²) in [6.07, 6.45) is 1.38. The standard InChI is InChI=1S/C16H20N2O5.ClH/c1-20-13-4-10(5-14(21-2)15(13)22-3)8-18-16(19)11-6-12(7-17)23-9-11;/h4-6,9H,7-8,17H2,1-3H3,(H,18,19);1H. The summed E-state index contributed by atoms with van der Waals surface area (Å²) in [5, 5.41) is 2.80. The van der Waals surface area contributed by atoms with Gasteiger partial charge in [0.25, 0.3) is 5.91 Å². The first-order valence-electron chi connectivity index (χ1n) is 6.97. The van der Waals surface area contributed by atoms with E-state index in [0.29, 0.717) is 35.1 Å². The van der Waals surface area contributed by atoms with E-state index in [0.717, 1.165) is 5.56 Å². The summed E-state index contributed by atoms with van der Waals surface area (Å²) in [7, 11) is 4.62. The Morgan fingerprint density at radius 3 is 2.21 bits per heavy atom. The van der Waals surface area contributed by atoms with Gasteiger partial charge in [-0.05, 0) is 23.8 Å². The van der Waals surface area contributed by atoms with Crippen molar-refractivity contribution in [1.82, 2.24) is 5.32 Å². The average molecular weight is 357 g/mol. The molecule has 132 valence electrons.